The first-order valence-corrected chi connectivity index (χ1v) is 10.3. The Morgan fingerprint density at radius 2 is 1.89 bits per heavy atom. The second kappa shape index (κ2) is 9.19. The standard InChI is InChI=1S/C20H20BrN3O2S/c1-3-18-19(25)24(13-15-6-10-17(26-2)11-7-15)20(27-18)23-22-12-14-4-8-16(21)9-5-14/h4-12,18H,3,13H2,1-2H3/b22-12-,23-20+/t18-/m0/s1. The number of rotatable bonds is 6. The molecule has 0 aliphatic carbocycles. The Kier molecular flexibility index (Phi) is 6.68. The summed E-state index contributed by atoms with van der Waals surface area (Å²) in [5.41, 5.74) is 1.97. The van der Waals surface area contributed by atoms with Crippen LogP contribution in [0.25, 0.3) is 0 Å². The Morgan fingerprint density at radius 3 is 2.52 bits per heavy atom. The zero-order valence-electron chi connectivity index (χ0n) is 15.1. The van der Waals surface area contributed by atoms with Crippen LogP contribution in [0, 0.1) is 0 Å². The first-order valence-electron chi connectivity index (χ1n) is 8.58. The van der Waals surface area contributed by atoms with E-state index in [4.69, 9.17) is 4.74 Å². The van der Waals surface area contributed by atoms with Crippen LogP contribution in [0.15, 0.2) is 63.2 Å². The van der Waals surface area contributed by atoms with Gasteiger partial charge in [0.15, 0.2) is 5.17 Å². The lowest BCUT2D eigenvalue weighted by molar-refractivity contribution is -0.126. The van der Waals surface area contributed by atoms with E-state index in [1.54, 1.807) is 18.2 Å². The first-order chi connectivity index (χ1) is 13.1. The number of ether oxygens (including phenoxy) is 1. The minimum absolute atomic E-state index is 0.0795. The number of methoxy groups -OCH3 is 1. The maximum atomic E-state index is 12.7. The van der Waals surface area contributed by atoms with Crippen molar-refractivity contribution >= 4 is 45.0 Å². The molecule has 0 spiro atoms. The molecular formula is C20H20BrN3O2S. The van der Waals surface area contributed by atoms with Crippen molar-refractivity contribution in [2.24, 2.45) is 10.2 Å². The van der Waals surface area contributed by atoms with Gasteiger partial charge in [0.25, 0.3) is 0 Å². The fourth-order valence-electron chi connectivity index (χ4n) is 2.60. The number of halogens is 1. The number of thioether (sulfide) groups is 1. The van der Waals surface area contributed by atoms with Crippen molar-refractivity contribution in [1.29, 1.82) is 0 Å². The third-order valence-corrected chi connectivity index (χ3v) is 5.97. The largest absolute Gasteiger partial charge is 0.497 e. The molecule has 0 radical (unpaired) electrons. The molecule has 0 N–H and O–H groups in total. The van der Waals surface area contributed by atoms with Gasteiger partial charge < -0.3 is 4.74 Å². The molecule has 1 aliphatic rings. The highest BCUT2D eigenvalue weighted by atomic mass is 79.9. The number of carbonyl (C=O) groups excluding carboxylic acids is 1. The van der Waals surface area contributed by atoms with Crippen molar-refractivity contribution in [3.63, 3.8) is 0 Å². The molecule has 140 valence electrons. The second-order valence-corrected chi connectivity index (χ2v) is 8.05. The van der Waals surface area contributed by atoms with Crippen molar-refractivity contribution in [2.45, 2.75) is 25.1 Å². The van der Waals surface area contributed by atoms with Gasteiger partial charge in [0.1, 0.15) is 5.75 Å². The summed E-state index contributed by atoms with van der Waals surface area (Å²) in [5.74, 6) is 0.871. The van der Waals surface area contributed by atoms with Gasteiger partial charge in [-0.25, -0.2) is 0 Å². The van der Waals surface area contributed by atoms with Gasteiger partial charge in [-0.1, -0.05) is 58.9 Å². The number of hydrogen-bond acceptors (Lipinski definition) is 5. The van der Waals surface area contributed by atoms with Gasteiger partial charge in [0, 0.05) is 4.47 Å². The monoisotopic (exact) mass is 445 g/mol. The highest BCUT2D eigenvalue weighted by molar-refractivity contribution is 9.10. The number of amidine groups is 1. The van der Waals surface area contributed by atoms with Crippen LogP contribution in [0.1, 0.15) is 24.5 Å². The van der Waals surface area contributed by atoms with Crippen LogP contribution in [0.3, 0.4) is 0 Å². The Balaban J connectivity index is 1.77. The topological polar surface area (TPSA) is 54.3 Å². The zero-order valence-corrected chi connectivity index (χ0v) is 17.5. The molecule has 0 saturated carbocycles. The van der Waals surface area contributed by atoms with Gasteiger partial charge in [-0.05, 0) is 41.8 Å². The van der Waals surface area contributed by atoms with E-state index in [1.165, 1.54) is 11.8 Å². The van der Waals surface area contributed by atoms with Crippen LogP contribution >= 0.6 is 27.7 Å². The van der Waals surface area contributed by atoms with Gasteiger partial charge in [-0.2, -0.15) is 5.10 Å². The number of benzene rings is 2. The molecule has 1 atom stereocenters. The molecule has 0 aromatic heterocycles. The third kappa shape index (κ3) is 4.99. The highest BCUT2D eigenvalue weighted by Gasteiger charge is 2.36. The molecule has 1 aliphatic heterocycles. The van der Waals surface area contributed by atoms with E-state index in [1.807, 2.05) is 55.5 Å². The molecule has 0 unspecified atom stereocenters. The van der Waals surface area contributed by atoms with Gasteiger partial charge in [0.2, 0.25) is 5.91 Å². The molecule has 27 heavy (non-hydrogen) atoms. The van der Waals surface area contributed by atoms with E-state index in [0.29, 0.717) is 11.7 Å². The predicted octanol–water partition coefficient (Wildman–Crippen LogP) is 4.70. The van der Waals surface area contributed by atoms with Crippen molar-refractivity contribution in [3.05, 3.63) is 64.1 Å². The lowest BCUT2D eigenvalue weighted by Crippen LogP contribution is -2.31. The molecule has 0 bridgehead atoms. The Hall–Kier alpha value is -2.12. The zero-order chi connectivity index (χ0) is 19.2. The van der Waals surface area contributed by atoms with E-state index >= 15 is 0 Å². The minimum atomic E-state index is -0.107. The third-order valence-electron chi connectivity index (χ3n) is 4.11. The fraction of sp³-hybridized carbons (Fsp3) is 0.250. The Labute approximate surface area is 171 Å². The summed E-state index contributed by atoms with van der Waals surface area (Å²) in [6.45, 7) is 2.48. The van der Waals surface area contributed by atoms with Gasteiger partial charge in [0.05, 0.1) is 25.1 Å². The van der Waals surface area contributed by atoms with E-state index in [2.05, 4.69) is 26.1 Å². The Morgan fingerprint density at radius 1 is 1.19 bits per heavy atom. The van der Waals surface area contributed by atoms with E-state index < -0.39 is 0 Å². The SMILES string of the molecule is CC[C@@H]1S/C(=N/N=C\c2ccc(Br)cc2)N(Cc2ccc(OC)cc2)C1=O. The van der Waals surface area contributed by atoms with Crippen LogP contribution in [-0.2, 0) is 11.3 Å². The summed E-state index contributed by atoms with van der Waals surface area (Å²) < 4.78 is 6.20. The van der Waals surface area contributed by atoms with Crippen molar-refractivity contribution in [2.75, 3.05) is 7.11 Å². The second-order valence-electron chi connectivity index (χ2n) is 5.97. The summed E-state index contributed by atoms with van der Waals surface area (Å²) in [6, 6.07) is 15.5. The molecule has 7 heteroatoms. The smallest absolute Gasteiger partial charge is 0.242 e. The fourth-order valence-corrected chi connectivity index (χ4v) is 3.89. The van der Waals surface area contributed by atoms with Crippen LogP contribution in [-0.4, -0.2) is 34.5 Å². The van der Waals surface area contributed by atoms with Crippen molar-refractivity contribution in [3.8, 4) is 5.75 Å². The minimum Gasteiger partial charge on any atom is -0.497 e. The number of nitrogens with zero attached hydrogens (tertiary/aromatic N) is 3. The van der Waals surface area contributed by atoms with Crippen LogP contribution < -0.4 is 4.74 Å². The van der Waals surface area contributed by atoms with E-state index in [-0.39, 0.29) is 11.2 Å². The summed E-state index contributed by atoms with van der Waals surface area (Å²) in [5, 5.41) is 9.04. The summed E-state index contributed by atoms with van der Waals surface area (Å²) >= 11 is 4.88. The van der Waals surface area contributed by atoms with Gasteiger partial charge in [-0.15, -0.1) is 5.10 Å². The normalized spacial score (nSPS) is 18.6. The molecule has 1 heterocycles. The van der Waals surface area contributed by atoms with E-state index in [0.717, 1.165) is 27.8 Å². The van der Waals surface area contributed by atoms with E-state index in [9.17, 15) is 4.79 Å². The average molecular weight is 446 g/mol. The lowest BCUT2D eigenvalue weighted by atomic mass is 10.2. The maximum absolute atomic E-state index is 12.7. The number of hydrogen-bond donors (Lipinski definition) is 0. The molecule has 2 aromatic rings. The molecule has 2 aromatic carbocycles. The molecule has 1 fully saturated rings. The lowest BCUT2D eigenvalue weighted by Gasteiger charge is -2.16. The predicted molar refractivity (Wildman–Crippen MR) is 114 cm³/mol. The van der Waals surface area contributed by atoms with Gasteiger partial charge >= 0.3 is 0 Å². The Bertz CT molecular complexity index is 851. The molecule has 1 saturated heterocycles. The molecule has 3 rings (SSSR count). The molecule has 1 amide bonds. The average Bonchev–Trinajstić information content (AvgIpc) is 2.99. The molecule has 5 nitrogen and oxygen atoms in total. The summed E-state index contributed by atoms with van der Waals surface area (Å²) in [6.07, 6.45) is 2.45. The van der Waals surface area contributed by atoms with Crippen molar-refractivity contribution in [1.82, 2.24) is 4.90 Å². The summed E-state index contributed by atoms with van der Waals surface area (Å²) in [7, 11) is 1.63. The number of amides is 1. The van der Waals surface area contributed by atoms with Gasteiger partial charge in [-0.3, -0.25) is 9.69 Å². The highest BCUT2D eigenvalue weighted by Crippen LogP contribution is 2.31. The van der Waals surface area contributed by atoms with Crippen molar-refractivity contribution < 1.29 is 9.53 Å². The van der Waals surface area contributed by atoms with Crippen LogP contribution in [0.2, 0.25) is 0 Å². The maximum Gasteiger partial charge on any atom is 0.242 e. The quantitative estimate of drug-likeness (QED) is 0.478. The van der Waals surface area contributed by atoms with Crippen LogP contribution in [0.4, 0.5) is 0 Å². The first kappa shape index (κ1) is 19.6. The number of carbonyl (C=O) groups is 1. The van der Waals surface area contributed by atoms with Crippen LogP contribution in [0.5, 0.6) is 5.75 Å². The summed E-state index contributed by atoms with van der Waals surface area (Å²) in [4.78, 5) is 14.4. The molecular weight excluding hydrogens is 426 g/mol.